The van der Waals surface area contributed by atoms with Gasteiger partial charge in [-0.3, -0.25) is 0 Å². The van der Waals surface area contributed by atoms with Crippen LogP contribution in [0.4, 0.5) is 5.82 Å². The Balaban J connectivity index is 1.65. The number of hydrogen-bond donors (Lipinski definition) is 1. The molecule has 0 radical (unpaired) electrons. The normalized spacial score (nSPS) is 30.4. The minimum Gasteiger partial charge on any atom is -0.389 e. The molecule has 106 valence electrons. The second-order valence-corrected chi connectivity index (χ2v) is 6.99. The van der Waals surface area contributed by atoms with Crippen LogP contribution in [0.2, 0.25) is 0 Å². The summed E-state index contributed by atoms with van der Waals surface area (Å²) in [5.74, 6) is 1.45. The minimum absolute atomic E-state index is 0.398. The summed E-state index contributed by atoms with van der Waals surface area (Å²) in [6.45, 7) is 1.83. The number of fused-ring (bicyclic) bond motifs is 2. The summed E-state index contributed by atoms with van der Waals surface area (Å²) in [6, 6.07) is 2.05. The lowest BCUT2D eigenvalue weighted by molar-refractivity contribution is -0.0613. The van der Waals surface area contributed by atoms with Crippen LogP contribution in [0.3, 0.4) is 0 Å². The van der Waals surface area contributed by atoms with Crippen molar-refractivity contribution in [3.63, 3.8) is 0 Å². The Morgan fingerprint density at radius 3 is 3.20 bits per heavy atom. The van der Waals surface area contributed by atoms with Gasteiger partial charge in [-0.1, -0.05) is 12.8 Å². The van der Waals surface area contributed by atoms with E-state index in [1.54, 1.807) is 17.7 Å². The van der Waals surface area contributed by atoms with Gasteiger partial charge in [0.05, 0.1) is 15.8 Å². The third-order valence-electron chi connectivity index (χ3n) is 4.95. The van der Waals surface area contributed by atoms with Crippen LogP contribution < -0.4 is 4.90 Å². The molecular formula is C15H19N3OS. The maximum absolute atomic E-state index is 10.8. The van der Waals surface area contributed by atoms with E-state index in [0.717, 1.165) is 43.7 Å². The van der Waals surface area contributed by atoms with Crippen LogP contribution in [0.15, 0.2) is 17.8 Å². The molecule has 0 spiro atoms. The van der Waals surface area contributed by atoms with Crippen LogP contribution in [0, 0.1) is 5.92 Å². The van der Waals surface area contributed by atoms with Crippen LogP contribution in [0.1, 0.15) is 32.1 Å². The van der Waals surface area contributed by atoms with Crippen LogP contribution >= 0.6 is 11.3 Å². The molecule has 3 heterocycles. The molecular weight excluding hydrogens is 270 g/mol. The van der Waals surface area contributed by atoms with Crippen molar-refractivity contribution in [2.75, 3.05) is 18.0 Å². The van der Waals surface area contributed by atoms with Crippen molar-refractivity contribution in [1.29, 1.82) is 0 Å². The van der Waals surface area contributed by atoms with Gasteiger partial charge in [0.25, 0.3) is 0 Å². The van der Waals surface area contributed by atoms with Gasteiger partial charge in [0.15, 0.2) is 0 Å². The lowest BCUT2D eigenvalue weighted by Crippen LogP contribution is -2.53. The molecule has 0 aromatic carbocycles. The molecule has 1 aliphatic heterocycles. The molecule has 2 unspecified atom stereocenters. The molecule has 1 aliphatic carbocycles. The second-order valence-electron chi connectivity index (χ2n) is 6.07. The molecule has 4 rings (SSSR count). The Morgan fingerprint density at radius 2 is 2.25 bits per heavy atom. The largest absolute Gasteiger partial charge is 0.389 e. The number of aromatic nitrogens is 2. The molecule has 2 aromatic heterocycles. The van der Waals surface area contributed by atoms with Gasteiger partial charge in [-0.2, -0.15) is 0 Å². The summed E-state index contributed by atoms with van der Waals surface area (Å²) in [5.41, 5.74) is 0.612. The first-order chi connectivity index (χ1) is 9.76. The summed E-state index contributed by atoms with van der Waals surface area (Å²) in [6.07, 6.45) is 7.07. The Hall–Kier alpha value is -1.20. The molecule has 2 aliphatic rings. The van der Waals surface area contributed by atoms with E-state index in [1.165, 1.54) is 17.5 Å². The van der Waals surface area contributed by atoms with Crippen molar-refractivity contribution in [2.24, 2.45) is 5.92 Å². The van der Waals surface area contributed by atoms with E-state index in [-0.39, 0.29) is 0 Å². The summed E-state index contributed by atoms with van der Waals surface area (Å²) in [5, 5.41) is 12.8. The molecule has 1 N–H and O–H groups in total. The van der Waals surface area contributed by atoms with Crippen LogP contribution in [-0.2, 0) is 0 Å². The Bertz CT molecular complexity index is 628. The molecule has 2 aromatic rings. The molecule has 2 fully saturated rings. The molecule has 20 heavy (non-hydrogen) atoms. The highest BCUT2D eigenvalue weighted by Gasteiger charge is 2.43. The SMILES string of the molecule is OC12CCCCC1CN(c1ncnc3ccsc13)CC2. The van der Waals surface area contributed by atoms with Gasteiger partial charge >= 0.3 is 0 Å². The van der Waals surface area contributed by atoms with Crippen molar-refractivity contribution >= 4 is 27.4 Å². The molecule has 4 nitrogen and oxygen atoms in total. The Kier molecular flexibility index (Phi) is 2.93. The predicted molar refractivity (Wildman–Crippen MR) is 81.2 cm³/mol. The monoisotopic (exact) mass is 289 g/mol. The number of nitrogens with zero attached hydrogens (tertiary/aromatic N) is 3. The van der Waals surface area contributed by atoms with E-state index in [1.807, 2.05) is 6.07 Å². The maximum Gasteiger partial charge on any atom is 0.150 e. The average molecular weight is 289 g/mol. The summed E-state index contributed by atoms with van der Waals surface area (Å²) < 4.78 is 1.17. The highest BCUT2D eigenvalue weighted by atomic mass is 32.1. The third kappa shape index (κ3) is 1.91. The highest BCUT2D eigenvalue weighted by molar-refractivity contribution is 7.17. The van der Waals surface area contributed by atoms with Gasteiger partial charge < -0.3 is 10.0 Å². The van der Waals surface area contributed by atoms with Crippen LogP contribution in [-0.4, -0.2) is 33.8 Å². The molecule has 5 heteroatoms. The van der Waals surface area contributed by atoms with E-state index in [4.69, 9.17) is 0 Å². The maximum atomic E-state index is 10.8. The average Bonchev–Trinajstić information content (AvgIpc) is 2.94. The Labute approximate surface area is 122 Å². The predicted octanol–water partition coefficient (Wildman–Crippen LogP) is 2.82. The summed E-state index contributed by atoms with van der Waals surface area (Å²) in [7, 11) is 0. The first kappa shape index (κ1) is 12.5. The molecule has 1 saturated heterocycles. The zero-order valence-electron chi connectivity index (χ0n) is 11.5. The zero-order valence-corrected chi connectivity index (χ0v) is 12.3. The fourth-order valence-electron chi connectivity index (χ4n) is 3.76. The van der Waals surface area contributed by atoms with E-state index in [2.05, 4.69) is 20.2 Å². The fourth-order valence-corrected chi connectivity index (χ4v) is 4.63. The standard InChI is InChI=1S/C15H19N3OS/c19-15-5-2-1-3-11(15)9-18(7-6-15)14-13-12(4-8-20-13)16-10-17-14/h4,8,10-11,19H,1-3,5-7,9H2. The van der Waals surface area contributed by atoms with E-state index >= 15 is 0 Å². The topological polar surface area (TPSA) is 49.2 Å². The highest BCUT2D eigenvalue weighted by Crippen LogP contribution is 2.41. The van der Waals surface area contributed by atoms with Crippen LogP contribution in [0.5, 0.6) is 0 Å². The number of anilines is 1. The number of hydrogen-bond acceptors (Lipinski definition) is 5. The number of rotatable bonds is 1. The smallest absolute Gasteiger partial charge is 0.150 e. The van der Waals surface area contributed by atoms with E-state index in [0.29, 0.717) is 5.92 Å². The molecule has 0 amide bonds. The van der Waals surface area contributed by atoms with Gasteiger partial charge in [-0.05, 0) is 30.7 Å². The lowest BCUT2D eigenvalue weighted by Gasteiger charge is -2.47. The third-order valence-corrected chi connectivity index (χ3v) is 5.85. The van der Waals surface area contributed by atoms with Crippen molar-refractivity contribution in [3.05, 3.63) is 17.8 Å². The fraction of sp³-hybridized carbons (Fsp3) is 0.600. The zero-order chi connectivity index (χ0) is 13.6. The van der Waals surface area contributed by atoms with Gasteiger partial charge in [-0.25, -0.2) is 9.97 Å². The van der Waals surface area contributed by atoms with Crippen molar-refractivity contribution in [2.45, 2.75) is 37.7 Å². The number of aliphatic hydroxyl groups is 1. The molecule has 0 bridgehead atoms. The molecule has 1 saturated carbocycles. The Morgan fingerprint density at radius 1 is 1.30 bits per heavy atom. The molecule has 2 atom stereocenters. The first-order valence-corrected chi connectivity index (χ1v) is 8.30. The van der Waals surface area contributed by atoms with E-state index < -0.39 is 5.60 Å². The van der Waals surface area contributed by atoms with E-state index in [9.17, 15) is 5.11 Å². The minimum atomic E-state index is -0.420. The van der Waals surface area contributed by atoms with Crippen molar-refractivity contribution in [1.82, 2.24) is 9.97 Å². The van der Waals surface area contributed by atoms with Crippen molar-refractivity contribution < 1.29 is 5.11 Å². The van der Waals surface area contributed by atoms with Crippen molar-refractivity contribution in [3.8, 4) is 0 Å². The number of thiophene rings is 1. The summed E-state index contributed by atoms with van der Waals surface area (Å²) in [4.78, 5) is 11.2. The lowest BCUT2D eigenvalue weighted by atomic mass is 9.71. The number of piperidine rings is 1. The summed E-state index contributed by atoms with van der Waals surface area (Å²) >= 11 is 1.71. The van der Waals surface area contributed by atoms with Gasteiger partial charge in [0.1, 0.15) is 12.1 Å². The quantitative estimate of drug-likeness (QED) is 0.877. The second kappa shape index (κ2) is 4.67. The van der Waals surface area contributed by atoms with Gasteiger partial charge in [0, 0.05) is 19.0 Å². The van der Waals surface area contributed by atoms with Gasteiger partial charge in [0.2, 0.25) is 0 Å². The van der Waals surface area contributed by atoms with Crippen LogP contribution in [0.25, 0.3) is 10.2 Å². The van der Waals surface area contributed by atoms with Gasteiger partial charge in [-0.15, -0.1) is 11.3 Å². The first-order valence-electron chi connectivity index (χ1n) is 7.42.